The van der Waals surface area contributed by atoms with E-state index >= 15 is 0 Å². The molecule has 0 aliphatic carbocycles. The Morgan fingerprint density at radius 2 is 1.34 bits per heavy atom. The first-order chi connectivity index (χ1) is 27.4. The molecule has 4 aromatic rings. The Balaban J connectivity index is 0.917. The third kappa shape index (κ3) is 9.36. The Kier molecular flexibility index (Phi) is 14.0. The molecule has 13 heteroatoms. The van der Waals surface area contributed by atoms with Crippen LogP contribution < -0.4 is 29.6 Å². The Morgan fingerprint density at radius 1 is 0.696 bits per heavy atom. The number of methoxy groups -OCH3 is 2. The van der Waals surface area contributed by atoms with Crippen molar-refractivity contribution in [1.29, 1.82) is 0 Å². The van der Waals surface area contributed by atoms with Crippen LogP contribution in [0.3, 0.4) is 0 Å². The minimum absolute atomic E-state index is 0.140. The maximum Gasteiger partial charge on any atom is 0.255 e. The number of aliphatic hydroxyl groups excluding tert-OH is 4. The molecule has 0 bridgehead atoms. The molecule has 0 fully saturated rings. The molecule has 2 aliphatic rings. The fourth-order valence-electron chi connectivity index (χ4n) is 7.09. The van der Waals surface area contributed by atoms with Gasteiger partial charge in [0.25, 0.3) is 5.91 Å². The van der Waals surface area contributed by atoms with Crippen molar-refractivity contribution >= 4 is 17.3 Å². The lowest BCUT2D eigenvalue weighted by Crippen LogP contribution is -2.38. The molecule has 6 rings (SSSR count). The highest BCUT2D eigenvalue weighted by molar-refractivity contribution is 6.02. The number of unbranched alkanes of at least 4 members (excludes halogenated alkanes) is 5. The zero-order chi connectivity index (χ0) is 39.4. The van der Waals surface area contributed by atoms with E-state index in [1.54, 1.807) is 32.4 Å². The van der Waals surface area contributed by atoms with E-state index in [9.17, 15) is 25.2 Å². The molecule has 0 radical (unpaired) electrons. The first kappa shape index (κ1) is 40.3. The number of nitrogens with one attached hydrogen (secondary N) is 2. The molecule has 0 saturated heterocycles. The standard InChI is InChI=1S/C43H51N3O10/c1-52-39-20-29(38-22-36(46-56-38)28-18-30(23-47)34(26-50)31(19-28)24-48)21-40(53-2)41(39)55-16-10-6-4-3-5-9-15-54-37-14-13-27(17-32(37)25-49)42-44-35-12-8-7-11-33(35)43(51)45-42/h7-8,11-14,17-21,38,42,44,47-50H,3-6,9-10,15-16,22-26H2,1-2H3,(H,45,51). The minimum atomic E-state index is -0.411. The molecule has 2 heterocycles. The first-order valence-corrected chi connectivity index (χ1v) is 19.0. The molecule has 6 N–H and O–H groups in total. The number of benzene rings is 4. The largest absolute Gasteiger partial charge is 0.493 e. The van der Waals surface area contributed by atoms with Crippen molar-refractivity contribution in [2.24, 2.45) is 5.16 Å². The highest BCUT2D eigenvalue weighted by atomic mass is 16.6. The van der Waals surface area contributed by atoms with Crippen molar-refractivity contribution in [1.82, 2.24) is 5.32 Å². The summed E-state index contributed by atoms with van der Waals surface area (Å²) >= 11 is 0. The van der Waals surface area contributed by atoms with E-state index in [4.69, 9.17) is 23.8 Å². The minimum Gasteiger partial charge on any atom is -0.493 e. The second-order valence-electron chi connectivity index (χ2n) is 13.8. The molecule has 2 unspecified atom stereocenters. The fraction of sp³-hybridized carbons (Fsp3) is 0.395. The molecule has 2 atom stereocenters. The highest BCUT2D eigenvalue weighted by Gasteiger charge is 2.28. The van der Waals surface area contributed by atoms with Crippen LogP contribution in [0.4, 0.5) is 5.69 Å². The zero-order valence-corrected chi connectivity index (χ0v) is 31.9. The molecule has 56 heavy (non-hydrogen) atoms. The van der Waals surface area contributed by atoms with E-state index in [1.165, 1.54) is 0 Å². The van der Waals surface area contributed by atoms with Gasteiger partial charge in [0.05, 0.1) is 65.1 Å². The number of amides is 1. The molecule has 0 saturated carbocycles. The van der Waals surface area contributed by atoms with Crippen LogP contribution in [0.25, 0.3) is 0 Å². The molecule has 298 valence electrons. The number of hydrogen-bond donors (Lipinski definition) is 6. The van der Waals surface area contributed by atoms with E-state index in [1.807, 2.05) is 48.5 Å². The number of hydrogen-bond acceptors (Lipinski definition) is 12. The number of anilines is 1. The van der Waals surface area contributed by atoms with Gasteiger partial charge in [-0.25, -0.2) is 0 Å². The van der Waals surface area contributed by atoms with Crippen LogP contribution in [-0.2, 0) is 31.3 Å². The van der Waals surface area contributed by atoms with Crippen LogP contribution in [0.1, 0.15) is 107 Å². The lowest BCUT2D eigenvalue weighted by atomic mass is 9.93. The second-order valence-corrected chi connectivity index (χ2v) is 13.8. The van der Waals surface area contributed by atoms with Gasteiger partial charge in [0.15, 0.2) is 17.6 Å². The maximum atomic E-state index is 12.6. The van der Waals surface area contributed by atoms with Crippen LogP contribution in [0.15, 0.2) is 71.9 Å². The van der Waals surface area contributed by atoms with Crippen LogP contribution >= 0.6 is 0 Å². The molecular weight excluding hydrogens is 718 g/mol. The van der Waals surface area contributed by atoms with Gasteiger partial charge < -0.3 is 54.8 Å². The van der Waals surface area contributed by atoms with Crippen molar-refractivity contribution in [3.8, 4) is 23.0 Å². The number of nitrogens with zero attached hydrogens (tertiary/aromatic N) is 1. The number of ether oxygens (including phenoxy) is 4. The second kappa shape index (κ2) is 19.5. The summed E-state index contributed by atoms with van der Waals surface area (Å²) in [6.07, 6.45) is 5.52. The predicted octanol–water partition coefficient (Wildman–Crippen LogP) is 6.19. The molecule has 0 aromatic heterocycles. The summed E-state index contributed by atoms with van der Waals surface area (Å²) in [5.41, 5.74) is 6.64. The lowest BCUT2D eigenvalue weighted by molar-refractivity contribution is 0.0852. The topological polar surface area (TPSA) is 181 Å². The van der Waals surface area contributed by atoms with Crippen LogP contribution in [-0.4, -0.2) is 59.5 Å². The summed E-state index contributed by atoms with van der Waals surface area (Å²) in [5, 5.41) is 50.0. The van der Waals surface area contributed by atoms with Gasteiger partial charge in [0.2, 0.25) is 5.75 Å². The molecule has 4 aromatic carbocycles. The van der Waals surface area contributed by atoms with Crippen molar-refractivity contribution in [3.63, 3.8) is 0 Å². The SMILES string of the molecule is COc1cc(C2CC(c3cc(CO)c(CO)c(CO)c3)=NO2)cc(OC)c1OCCCCCCCCOc1ccc(C2NC(=O)c3ccccc3N2)cc1CO. The highest BCUT2D eigenvalue weighted by Crippen LogP contribution is 2.43. The Morgan fingerprint density at radius 3 is 1.98 bits per heavy atom. The van der Waals surface area contributed by atoms with Gasteiger partial charge in [-0.3, -0.25) is 4.79 Å². The monoisotopic (exact) mass is 769 g/mol. The number of carbonyl (C=O) groups excluding carboxylic acids is 1. The summed E-state index contributed by atoms with van der Waals surface area (Å²) in [6.45, 7) is 0.0461. The molecule has 13 nitrogen and oxygen atoms in total. The summed E-state index contributed by atoms with van der Waals surface area (Å²) in [7, 11) is 3.16. The van der Waals surface area contributed by atoms with E-state index in [0.717, 1.165) is 55.3 Å². The van der Waals surface area contributed by atoms with E-state index in [-0.39, 0.29) is 32.3 Å². The summed E-state index contributed by atoms with van der Waals surface area (Å²) in [6, 6.07) is 20.2. The lowest BCUT2D eigenvalue weighted by Gasteiger charge is -2.28. The van der Waals surface area contributed by atoms with E-state index in [0.29, 0.717) is 81.7 Å². The smallest absolute Gasteiger partial charge is 0.255 e. The van der Waals surface area contributed by atoms with Crippen LogP contribution in [0, 0.1) is 0 Å². The average molecular weight is 770 g/mol. The summed E-state index contributed by atoms with van der Waals surface area (Å²) in [5.74, 6) is 2.07. The van der Waals surface area contributed by atoms with Gasteiger partial charge >= 0.3 is 0 Å². The predicted molar refractivity (Wildman–Crippen MR) is 210 cm³/mol. The number of aliphatic hydroxyl groups is 4. The van der Waals surface area contributed by atoms with Gasteiger partial charge in [-0.15, -0.1) is 0 Å². The van der Waals surface area contributed by atoms with Gasteiger partial charge in [-0.2, -0.15) is 0 Å². The third-order valence-corrected chi connectivity index (χ3v) is 10.2. The van der Waals surface area contributed by atoms with Crippen LogP contribution in [0.5, 0.6) is 23.0 Å². The quantitative estimate of drug-likeness (QED) is 0.0565. The number of oxime groups is 1. The van der Waals surface area contributed by atoms with Crippen molar-refractivity contribution in [3.05, 3.63) is 111 Å². The summed E-state index contributed by atoms with van der Waals surface area (Å²) in [4.78, 5) is 18.4. The normalized spacial score (nSPS) is 16.0. The van der Waals surface area contributed by atoms with Gasteiger partial charge in [-0.1, -0.05) is 49.0 Å². The zero-order valence-electron chi connectivity index (χ0n) is 31.9. The van der Waals surface area contributed by atoms with Crippen molar-refractivity contribution < 1.29 is 49.0 Å². The molecule has 2 aliphatic heterocycles. The number of para-hydroxylation sites is 1. The van der Waals surface area contributed by atoms with Gasteiger partial charge in [0.1, 0.15) is 11.9 Å². The Hall–Kier alpha value is -5.34. The fourth-order valence-corrected chi connectivity index (χ4v) is 7.09. The Bertz CT molecular complexity index is 1950. The van der Waals surface area contributed by atoms with Gasteiger partial charge in [-0.05, 0) is 83.6 Å². The Labute approximate surface area is 326 Å². The molecule has 0 spiro atoms. The summed E-state index contributed by atoms with van der Waals surface area (Å²) < 4.78 is 23.6. The van der Waals surface area contributed by atoms with E-state index < -0.39 is 12.3 Å². The van der Waals surface area contributed by atoms with Crippen molar-refractivity contribution in [2.45, 2.75) is 83.6 Å². The average Bonchev–Trinajstić information content (AvgIpc) is 3.74. The maximum absolute atomic E-state index is 12.6. The number of fused-ring (bicyclic) bond motifs is 1. The number of carbonyl (C=O) groups is 1. The third-order valence-electron chi connectivity index (χ3n) is 10.2. The first-order valence-electron chi connectivity index (χ1n) is 19.0. The van der Waals surface area contributed by atoms with Crippen molar-refractivity contribution in [2.75, 3.05) is 32.8 Å². The molecule has 1 amide bonds. The van der Waals surface area contributed by atoms with Crippen LogP contribution in [0.2, 0.25) is 0 Å². The molecular formula is C43H51N3O10. The van der Waals surface area contributed by atoms with E-state index in [2.05, 4.69) is 15.8 Å². The van der Waals surface area contributed by atoms with Gasteiger partial charge in [0, 0.05) is 28.8 Å². The number of rotatable bonds is 20.